The Kier molecular flexibility index (Phi) is 4.65. The Morgan fingerprint density at radius 2 is 2.00 bits per heavy atom. The Morgan fingerprint density at radius 1 is 1.31 bits per heavy atom. The van der Waals surface area contributed by atoms with Crippen molar-refractivity contribution in [3.05, 3.63) is 28.2 Å². The van der Waals surface area contributed by atoms with Gasteiger partial charge in [0.2, 0.25) is 0 Å². The van der Waals surface area contributed by atoms with Crippen molar-refractivity contribution in [1.82, 2.24) is 0 Å². The standard InChI is InChI=1S/C11H13BrF3N/c1-2-3-6-16-10-7-8(11(13,14)15)4-5-9(10)12/h4-5,7,16H,2-3,6H2,1H3. The van der Waals surface area contributed by atoms with Crippen molar-refractivity contribution in [1.29, 1.82) is 0 Å². The summed E-state index contributed by atoms with van der Waals surface area (Å²) in [6.07, 6.45) is -2.35. The lowest BCUT2D eigenvalue weighted by molar-refractivity contribution is -0.137. The van der Waals surface area contributed by atoms with Crippen molar-refractivity contribution >= 4 is 21.6 Å². The third-order valence-corrected chi connectivity index (χ3v) is 2.83. The smallest absolute Gasteiger partial charge is 0.384 e. The molecule has 1 nitrogen and oxygen atoms in total. The van der Waals surface area contributed by atoms with E-state index in [1.807, 2.05) is 6.92 Å². The van der Waals surface area contributed by atoms with Crippen LogP contribution < -0.4 is 5.32 Å². The fraction of sp³-hybridized carbons (Fsp3) is 0.455. The summed E-state index contributed by atoms with van der Waals surface area (Å²) in [6, 6.07) is 3.60. The van der Waals surface area contributed by atoms with Gasteiger partial charge in [0.1, 0.15) is 0 Å². The number of alkyl halides is 3. The zero-order valence-electron chi connectivity index (χ0n) is 8.87. The molecule has 1 aromatic carbocycles. The van der Waals surface area contributed by atoms with Gasteiger partial charge >= 0.3 is 6.18 Å². The number of unbranched alkanes of at least 4 members (excludes halogenated alkanes) is 1. The van der Waals surface area contributed by atoms with E-state index in [1.165, 1.54) is 6.07 Å². The maximum Gasteiger partial charge on any atom is 0.416 e. The van der Waals surface area contributed by atoms with Crippen LogP contribution in [0.3, 0.4) is 0 Å². The number of benzene rings is 1. The molecular weight excluding hydrogens is 283 g/mol. The van der Waals surface area contributed by atoms with E-state index >= 15 is 0 Å². The molecule has 16 heavy (non-hydrogen) atoms. The Bertz CT molecular complexity index is 350. The minimum absolute atomic E-state index is 0.489. The predicted molar refractivity (Wildman–Crippen MR) is 62.5 cm³/mol. The highest BCUT2D eigenvalue weighted by molar-refractivity contribution is 9.10. The molecule has 0 aliphatic heterocycles. The highest BCUT2D eigenvalue weighted by Gasteiger charge is 2.30. The minimum atomic E-state index is -4.29. The Labute approximate surface area is 101 Å². The van der Waals surface area contributed by atoms with Crippen LogP contribution >= 0.6 is 15.9 Å². The van der Waals surface area contributed by atoms with Crippen LogP contribution in [0.5, 0.6) is 0 Å². The van der Waals surface area contributed by atoms with Gasteiger partial charge in [-0.2, -0.15) is 13.2 Å². The molecule has 0 heterocycles. The molecule has 1 N–H and O–H groups in total. The number of rotatable bonds is 4. The van der Waals surface area contributed by atoms with Crippen molar-refractivity contribution in [2.24, 2.45) is 0 Å². The van der Waals surface area contributed by atoms with Crippen molar-refractivity contribution in [2.75, 3.05) is 11.9 Å². The van der Waals surface area contributed by atoms with Gasteiger partial charge < -0.3 is 5.32 Å². The Hall–Kier alpha value is -0.710. The molecule has 1 rings (SSSR count). The lowest BCUT2D eigenvalue weighted by atomic mass is 10.2. The van der Waals surface area contributed by atoms with Gasteiger partial charge in [-0.1, -0.05) is 13.3 Å². The first-order chi connectivity index (χ1) is 7.45. The average molecular weight is 296 g/mol. The van der Waals surface area contributed by atoms with Gasteiger partial charge in [0, 0.05) is 16.7 Å². The Balaban J connectivity index is 2.83. The second kappa shape index (κ2) is 5.57. The van der Waals surface area contributed by atoms with Crippen LogP contribution in [0.1, 0.15) is 25.3 Å². The van der Waals surface area contributed by atoms with E-state index in [9.17, 15) is 13.2 Å². The molecule has 90 valence electrons. The maximum atomic E-state index is 12.4. The van der Waals surface area contributed by atoms with E-state index < -0.39 is 11.7 Å². The predicted octanol–water partition coefficient (Wildman–Crippen LogP) is 4.68. The molecule has 0 aliphatic rings. The van der Waals surface area contributed by atoms with Crippen LogP contribution in [0, 0.1) is 0 Å². The number of halogens is 4. The lowest BCUT2D eigenvalue weighted by Crippen LogP contribution is -2.07. The number of anilines is 1. The first kappa shape index (κ1) is 13.4. The van der Waals surface area contributed by atoms with Crippen molar-refractivity contribution in [3.8, 4) is 0 Å². The molecule has 0 aromatic heterocycles. The molecule has 0 spiro atoms. The average Bonchev–Trinajstić information content (AvgIpc) is 2.19. The summed E-state index contributed by atoms with van der Waals surface area (Å²) < 4.78 is 38.0. The molecule has 0 saturated carbocycles. The molecule has 0 radical (unpaired) electrons. The largest absolute Gasteiger partial charge is 0.416 e. The van der Waals surface area contributed by atoms with Crippen molar-refractivity contribution in [2.45, 2.75) is 25.9 Å². The van der Waals surface area contributed by atoms with Gasteiger partial charge in [-0.15, -0.1) is 0 Å². The minimum Gasteiger partial charge on any atom is -0.384 e. The lowest BCUT2D eigenvalue weighted by Gasteiger charge is -2.12. The first-order valence-corrected chi connectivity index (χ1v) is 5.85. The molecule has 0 fully saturated rings. The van der Waals surface area contributed by atoms with E-state index in [-0.39, 0.29) is 0 Å². The summed E-state index contributed by atoms with van der Waals surface area (Å²) >= 11 is 3.22. The number of nitrogens with one attached hydrogen (secondary N) is 1. The molecule has 0 bridgehead atoms. The molecule has 0 unspecified atom stereocenters. The fourth-order valence-electron chi connectivity index (χ4n) is 1.24. The van der Waals surface area contributed by atoms with Crippen LogP contribution in [-0.2, 0) is 6.18 Å². The van der Waals surface area contributed by atoms with Crippen LogP contribution in [0.25, 0.3) is 0 Å². The van der Waals surface area contributed by atoms with E-state index in [1.54, 1.807) is 0 Å². The molecule has 0 saturated heterocycles. The van der Waals surface area contributed by atoms with Crippen LogP contribution in [0.15, 0.2) is 22.7 Å². The zero-order chi connectivity index (χ0) is 12.2. The normalized spacial score (nSPS) is 11.6. The SMILES string of the molecule is CCCCNc1cc(C(F)(F)F)ccc1Br. The molecule has 0 atom stereocenters. The maximum absolute atomic E-state index is 12.4. The molecule has 0 aliphatic carbocycles. The van der Waals surface area contributed by atoms with Crippen LogP contribution in [0.4, 0.5) is 18.9 Å². The second-order valence-corrected chi connectivity index (χ2v) is 4.33. The summed E-state index contributed by atoms with van der Waals surface area (Å²) in [7, 11) is 0. The molecular formula is C11H13BrF3N. The summed E-state index contributed by atoms with van der Waals surface area (Å²) in [5.41, 5.74) is -0.141. The van der Waals surface area contributed by atoms with Gasteiger partial charge in [0.05, 0.1) is 5.56 Å². The van der Waals surface area contributed by atoms with E-state index in [4.69, 9.17) is 0 Å². The third-order valence-electron chi connectivity index (χ3n) is 2.14. The van der Waals surface area contributed by atoms with Gasteiger partial charge in [0.25, 0.3) is 0 Å². The summed E-state index contributed by atoms with van der Waals surface area (Å²) in [4.78, 5) is 0. The molecule has 5 heteroatoms. The van der Waals surface area contributed by atoms with Crippen LogP contribution in [-0.4, -0.2) is 6.54 Å². The van der Waals surface area contributed by atoms with E-state index in [0.717, 1.165) is 25.0 Å². The van der Waals surface area contributed by atoms with Gasteiger partial charge in [-0.3, -0.25) is 0 Å². The summed E-state index contributed by atoms with van der Waals surface area (Å²) in [5, 5.41) is 2.98. The number of hydrogen-bond donors (Lipinski definition) is 1. The third kappa shape index (κ3) is 3.70. The van der Waals surface area contributed by atoms with E-state index in [0.29, 0.717) is 16.7 Å². The molecule has 0 amide bonds. The van der Waals surface area contributed by atoms with Crippen LogP contribution in [0.2, 0.25) is 0 Å². The van der Waals surface area contributed by atoms with Crippen molar-refractivity contribution in [3.63, 3.8) is 0 Å². The monoisotopic (exact) mass is 295 g/mol. The van der Waals surface area contributed by atoms with Gasteiger partial charge in [-0.25, -0.2) is 0 Å². The van der Waals surface area contributed by atoms with Gasteiger partial charge in [-0.05, 0) is 40.5 Å². The fourth-order valence-corrected chi connectivity index (χ4v) is 1.62. The Morgan fingerprint density at radius 3 is 2.56 bits per heavy atom. The number of hydrogen-bond acceptors (Lipinski definition) is 1. The topological polar surface area (TPSA) is 12.0 Å². The van der Waals surface area contributed by atoms with Crippen molar-refractivity contribution < 1.29 is 13.2 Å². The van der Waals surface area contributed by atoms with E-state index in [2.05, 4.69) is 21.2 Å². The zero-order valence-corrected chi connectivity index (χ0v) is 10.5. The highest BCUT2D eigenvalue weighted by Crippen LogP contribution is 2.33. The first-order valence-electron chi connectivity index (χ1n) is 5.05. The molecule has 1 aromatic rings. The second-order valence-electron chi connectivity index (χ2n) is 3.47. The quantitative estimate of drug-likeness (QED) is 0.795. The summed E-state index contributed by atoms with van der Waals surface area (Å²) in [5.74, 6) is 0. The highest BCUT2D eigenvalue weighted by atomic mass is 79.9. The van der Waals surface area contributed by atoms with Gasteiger partial charge in [0.15, 0.2) is 0 Å². The summed E-state index contributed by atoms with van der Waals surface area (Å²) in [6.45, 7) is 2.71.